The largest absolute Gasteiger partial charge is 0.387 e. The number of fused-ring (bicyclic) bond motifs is 1. The van der Waals surface area contributed by atoms with Crippen molar-refractivity contribution in [1.29, 1.82) is 0 Å². The van der Waals surface area contributed by atoms with E-state index in [-0.39, 0.29) is 30.2 Å². The quantitative estimate of drug-likeness (QED) is 0.334. The molecule has 0 radical (unpaired) electrons. The van der Waals surface area contributed by atoms with Gasteiger partial charge in [0.2, 0.25) is 0 Å². The third-order valence-electron chi connectivity index (χ3n) is 6.59. The highest BCUT2D eigenvalue weighted by Gasteiger charge is 2.40. The summed E-state index contributed by atoms with van der Waals surface area (Å²) >= 11 is 0. The summed E-state index contributed by atoms with van der Waals surface area (Å²) in [6, 6.07) is 16.7. The highest BCUT2D eigenvalue weighted by Crippen LogP contribution is 2.33. The van der Waals surface area contributed by atoms with E-state index in [0.29, 0.717) is 18.7 Å². The van der Waals surface area contributed by atoms with Crippen LogP contribution in [0.2, 0.25) is 0 Å². The summed E-state index contributed by atoms with van der Waals surface area (Å²) in [6.45, 7) is 2.67. The lowest BCUT2D eigenvalue weighted by Gasteiger charge is -2.44. The number of nitrogens with zero attached hydrogens (tertiary/aromatic N) is 4. The number of amides is 2. The van der Waals surface area contributed by atoms with Crippen LogP contribution in [0.25, 0.3) is 10.8 Å². The average Bonchev–Trinajstić information content (AvgIpc) is 2.93. The van der Waals surface area contributed by atoms with Crippen LogP contribution in [0.4, 0.5) is 0 Å². The van der Waals surface area contributed by atoms with Crippen molar-refractivity contribution in [2.75, 3.05) is 19.6 Å². The van der Waals surface area contributed by atoms with E-state index < -0.39 is 6.04 Å². The van der Waals surface area contributed by atoms with Gasteiger partial charge in [-0.15, -0.1) is 0 Å². The first-order chi connectivity index (χ1) is 18.0. The van der Waals surface area contributed by atoms with E-state index in [1.165, 1.54) is 0 Å². The zero-order valence-corrected chi connectivity index (χ0v) is 20.5. The maximum Gasteiger partial charge on any atom is 0.266 e. The van der Waals surface area contributed by atoms with Crippen molar-refractivity contribution in [1.82, 2.24) is 14.8 Å². The molecule has 2 aliphatic rings. The Morgan fingerprint density at radius 3 is 2.62 bits per heavy atom. The van der Waals surface area contributed by atoms with E-state index in [0.717, 1.165) is 21.9 Å². The Bertz CT molecular complexity index is 1500. The Morgan fingerprint density at radius 2 is 1.86 bits per heavy atom. The highest BCUT2D eigenvalue weighted by atomic mass is 16.2. The number of carbonyl (C=O) groups excluding carboxylic acids is 2. The van der Waals surface area contributed by atoms with Crippen LogP contribution >= 0.6 is 0 Å². The molecule has 1 aromatic heterocycles. The molecule has 7 nitrogen and oxygen atoms in total. The van der Waals surface area contributed by atoms with Crippen molar-refractivity contribution in [2.24, 2.45) is 10.7 Å². The molecule has 5 rings (SSSR count). The number of aliphatic imine (C=N–C) groups is 1. The monoisotopic (exact) mass is 489 g/mol. The van der Waals surface area contributed by atoms with Crippen molar-refractivity contribution in [2.45, 2.75) is 19.0 Å². The Labute approximate surface area is 215 Å². The summed E-state index contributed by atoms with van der Waals surface area (Å²) in [5.41, 5.74) is 14.5. The zero-order valence-electron chi connectivity index (χ0n) is 20.5. The fraction of sp³-hybridized carbons (Fsp3) is 0.200. The molecule has 1 fully saturated rings. The Kier molecular flexibility index (Phi) is 6.93. The van der Waals surface area contributed by atoms with Gasteiger partial charge in [0.1, 0.15) is 6.04 Å². The molecular weight excluding hydrogens is 462 g/mol. The number of hydrogen-bond donors (Lipinski definition) is 1. The number of piperazine rings is 1. The van der Waals surface area contributed by atoms with Gasteiger partial charge in [0.25, 0.3) is 11.8 Å². The van der Waals surface area contributed by atoms with Crippen molar-refractivity contribution in [3.63, 3.8) is 0 Å². The van der Waals surface area contributed by atoms with Gasteiger partial charge >= 0.3 is 0 Å². The number of benzene rings is 2. The molecule has 2 heterocycles. The number of allylic oxidation sites excluding steroid dienone is 2. The van der Waals surface area contributed by atoms with Crippen LogP contribution in [0.1, 0.15) is 28.9 Å². The van der Waals surface area contributed by atoms with Gasteiger partial charge in [-0.05, 0) is 30.0 Å². The smallest absolute Gasteiger partial charge is 0.266 e. The fourth-order valence-electron chi connectivity index (χ4n) is 4.93. The van der Waals surface area contributed by atoms with Gasteiger partial charge in [0.05, 0.1) is 17.4 Å². The molecule has 0 bridgehead atoms. The maximum atomic E-state index is 13.7. The van der Waals surface area contributed by atoms with E-state index >= 15 is 0 Å². The fourth-order valence-corrected chi connectivity index (χ4v) is 4.93. The summed E-state index contributed by atoms with van der Waals surface area (Å²) in [7, 11) is 0. The van der Waals surface area contributed by atoms with Gasteiger partial charge in [-0.3, -0.25) is 19.5 Å². The van der Waals surface area contributed by atoms with Crippen LogP contribution in [0.3, 0.4) is 0 Å². The van der Waals surface area contributed by atoms with Crippen molar-refractivity contribution >= 4 is 28.4 Å². The predicted octanol–water partition coefficient (Wildman–Crippen LogP) is 3.81. The first-order valence-corrected chi connectivity index (χ1v) is 12.2. The number of carbonyl (C=O) groups is 2. The molecule has 184 valence electrons. The molecule has 0 spiro atoms. The third kappa shape index (κ3) is 5.06. The van der Waals surface area contributed by atoms with Crippen molar-refractivity contribution < 1.29 is 9.59 Å². The van der Waals surface area contributed by atoms with E-state index in [2.05, 4.69) is 26.3 Å². The lowest BCUT2D eigenvalue weighted by molar-refractivity contribution is -0.125. The van der Waals surface area contributed by atoms with Gasteiger partial charge in [0.15, 0.2) is 0 Å². The van der Waals surface area contributed by atoms with Gasteiger partial charge in [-0.25, -0.2) is 0 Å². The molecule has 2 unspecified atom stereocenters. The molecule has 1 saturated heterocycles. The summed E-state index contributed by atoms with van der Waals surface area (Å²) in [5.74, 6) is -0.358. The van der Waals surface area contributed by atoms with E-state index in [4.69, 9.17) is 5.73 Å². The van der Waals surface area contributed by atoms with Crippen LogP contribution in [0.5, 0.6) is 0 Å². The molecule has 2 atom stereocenters. The van der Waals surface area contributed by atoms with Crippen LogP contribution in [0, 0.1) is 0 Å². The maximum absolute atomic E-state index is 13.7. The number of amidine groups is 1. The summed E-state index contributed by atoms with van der Waals surface area (Å²) < 4.78 is 0. The molecule has 1 aliphatic carbocycles. The SMILES string of the molecule is CC(N)=NC(=O)C1CN(C(=O)c2cncc3ccccc23)CCN1C(C1=C=C=CC=C1)c1ccccc1. The topological polar surface area (TPSA) is 91.9 Å². The second kappa shape index (κ2) is 10.6. The molecule has 2 aromatic carbocycles. The molecular formula is C30H27N5O2. The number of hydrogen-bond acceptors (Lipinski definition) is 4. The van der Waals surface area contributed by atoms with Crippen molar-refractivity contribution in [3.8, 4) is 0 Å². The molecule has 0 saturated carbocycles. The molecule has 37 heavy (non-hydrogen) atoms. The van der Waals surface area contributed by atoms with E-state index in [9.17, 15) is 9.59 Å². The second-order valence-electron chi connectivity index (χ2n) is 9.07. The standard InChI is InChI=1S/C30H27N5O2/c1-21(31)33-29(36)27-20-34(30(37)26-19-32-18-24-14-8-9-15-25(24)26)16-17-35(27)28(22-10-4-2-5-11-22)23-12-6-3-7-13-23/h2-6,8-12,14-15,18-19,27-28H,16-17,20H2,1H3,(H2,31,33,36). The average molecular weight is 490 g/mol. The van der Waals surface area contributed by atoms with E-state index in [1.807, 2.05) is 66.7 Å². The highest BCUT2D eigenvalue weighted by molar-refractivity contribution is 6.06. The van der Waals surface area contributed by atoms with E-state index in [1.54, 1.807) is 30.3 Å². The Hall–Kier alpha value is -4.54. The molecule has 3 aromatic rings. The Morgan fingerprint density at radius 1 is 1.08 bits per heavy atom. The minimum absolute atomic E-state index is 0.161. The molecule has 2 amide bonds. The minimum Gasteiger partial charge on any atom is -0.387 e. The van der Waals surface area contributed by atoms with Crippen LogP contribution in [-0.4, -0.2) is 58.1 Å². The van der Waals surface area contributed by atoms with Gasteiger partial charge < -0.3 is 10.6 Å². The second-order valence-corrected chi connectivity index (χ2v) is 9.07. The third-order valence-corrected chi connectivity index (χ3v) is 6.59. The number of rotatable bonds is 5. The van der Waals surface area contributed by atoms with Gasteiger partial charge in [-0.1, -0.05) is 72.1 Å². The summed E-state index contributed by atoms with van der Waals surface area (Å²) in [5, 5.41) is 1.73. The number of nitrogens with two attached hydrogens (primary N) is 1. The van der Waals surface area contributed by atoms with Crippen molar-refractivity contribution in [3.05, 3.63) is 113 Å². The van der Waals surface area contributed by atoms with Gasteiger partial charge in [-0.2, -0.15) is 4.99 Å². The number of aromatic nitrogens is 1. The summed E-state index contributed by atoms with van der Waals surface area (Å²) in [6.07, 6.45) is 9.02. The first kappa shape index (κ1) is 24.2. The first-order valence-electron chi connectivity index (χ1n) is 12.2. The molecule has 7 heteroatoms. The lowest BCUT2D eigenvalue weighted by atomic mass is 9.93. The normalized spacial score (nSPS) is 18.6. The van der Waals surface area contributed by atoms with Crippen LogP contribution < -0.4 is 5.73 Å². The lowest BCUT2D eigenvalue weighted by Crippen LogP contribution is -2.58. The van der Waals surface area contributed by atoms with Crippen LogP contribution in [0.15, 0.2) is 107 Å². The Balaban J connectivity index is 1.53. The molecule has 1 aliphatic heterocycles. The molecule has 2 N–H and O–H groups in total. The summed E-state index contributed by atoms with van der Waals surface area (Å²) in [4.78, 5) is 39.3. The van der Waals surface area contributed by atoms with Crippen LogP contribution in [-0.2, 0) is 4.79 Å². The van der Waals surface area contributed by atoms with Gasteiger partial charge in [0, 0.05) is 43.0 Å². The zero-order chi connectivity index (χ0) is 25.8. The number of pyridine rings is 1. The predicted molar refractivity (Wildman–Crippen MR) is 144 cm³/mol. The minimum atomic E-state index is -0.696.